The number of fused-ring (bicyclic) bond motifs is 1. The summed E-state index contributed by atoms with van der Waals surface area (Å²) < 4.78 is 2.21. The number of rotatable bonds is 2. The first-order chi connectivity index (χ1) is 9.33. The maximum absolute atomic E-state index is 9.58. The van der Waals surface area contributed by atoms with Gasteiger partial charge in [0.1, 0.15) is 11.4 Å². The van der Waals surface area contributed by atoms with Crippen LogP contribution in [-0.4, -0.2) is 14.7 Å². The summed E-state index contributed by atoms with van der Waals surface area (Å²) >= 11 is 0. The van der Waals surface area contributed by atoms with Crippen LogP contribution in [-0.2, 0) is 0 Å². The molecule has 0 radical (unpaired) electrons. The SMILES string of the molecule is Oc1cnc2c(c1)cc(C1CC1)n2-c1ccccc1. The minimum Gasteiger partial charge on any atom is -0.506 e. The first kappa shape index (κ1) is 10.6. The second-order valence-corrected chi connectivity index (χ2v) is 5.12. The summed E-state index contributed by atoms with van der Waals surface area (Å²) in [5, 5.41) is 10.6. The number of aromatic hydroxyl groups is 1. The van der Waals surface area contributed by atoms with Crippen molar-refractivity contribution < 1.29 is 5.11 Å². The zero-order chi connectivity index (χ0) is 12.8. The minimum absolute atomic E-state index is 0.222. The van der Waals surface area contributed by atoms with Gasteiger partial charge in [0.15, 0.2) is 0 Å². The van der Waals surface area contributed by atoms with E-state index >= 15 is 0 Å². The van der Waals surface area contributed by atoms with E-state index in [0.29, 0.717) is 5.92 Å². The molecule has 1 aliphatic rings. The zero-order valence-corrected chi connectivity index (χ0v) is 10.5. The lowest BCUT2D eigenvalue weighted by Crippen LogP contribution is -1.99. The first-order valence-electron chi connectivity index (χ1n) is 6.59. The number of hydrogen-bond donors (Lipinski definition) is 1. The van der Waals surface area contributed by atoms with Gasteiger partial charge in [-0.2, -0.15) is 0 Å². The van der Waals surface area contributed by atoms with Crippen molar-refractivity contribution in [3.8, 4) is 11.4 Å². The fraction of sp³-hybridized carbons (Fsp3) is 0.188. The molecule has 1 N–H and O–H groups in total. The van der Waals surface area contributed by atoms with E-state index in [1.807, 2.05) is 18.2 Å². The molecular weight excluding hydrogens is 236 g/mol. The summed E-state index contributed by atoms with van der Waals surface area (Å²) in [6.45, 7) is 0. The van der Waals surface area contributed by atoms with Crippen molar-refractivity contribution in [2.24, 2.45) is 0 Å². The molecule has 3 nitrogen and oxygen atoms in total. The van der Waals surface area contributed by atoms with E-state index in [1.165, 1.54) is 24.7 Å². The average molecular weight is 250 g/mol. The van der Waals surface area contributed by atoms with Crippen LogP contribution in [0.25, 0.3) is 16.7 Å². The van der Waals surface area contributed by atoms with Gasteiger partial charge < -0.3 is 5.11 Å². The lowest BCUT2D eigenvalue weighted by molar-refractivity contribution is 0.474. The van der Waals surface area contributed by atoms with Gasteiger partial charge >= 0.3 is 0 Å². The van der Waals surface area contributed by atoms with Crippen LogP contribution in [0, 0.1) is 0 Å². The summed E-state index contributed by atoms with van der Waals surface area (Å²) in [5.41, 5.74) is 3.36. The van der Waals surface area contributed by atoms with Crippen LogP contribution in [0.4, 0.5) is 0 Å². The fourth-order valence-corrected chi connectivity index (χ4v) is 2.63. The van der Waals surface area contributed by atoms with Crippen LogP contribution in [0.2, 0.25) is 0 Å². The van der Waals surface area contributed by atoms with Gasteiger partial charge in [-0.15, -0.1) is 0 Å². The van der Waals surface area contributed by atoms with Crippen molar-refractivity contribution >= 4 is 11.0 Å². The van der Waals surface area contributed by atoms with Crippen LogP contribution in [0.1, 0.15) is 24.5 Å². The second-order valence-electron chi connectivity index (χ2n) is 5.12. The predicted molar refractivity (Wildman–Crippen MR) is 74.7 cm³/mol. The fourth-order valence-electron chi connectivity index (χ4n) is 2.63. The highest BCUT2D eigenvalue weighted by molar-refractivity contribution is 5.81. The predicted octanol–water partition coefficient (Wildman–Crippen LogP) is 3.61. The van der Waals surface area contributed by atoms with E-state index in [9.17, 15) is 5.11 Å². The molecule has 0 saturated heterocycles. The third-order valence-corrected chi connectivity index (χ3v) is 3.66. The van der Waals surface area contributed by atoms with Gasteiger partial charge in [-0.1, -0.05) is 18.2 Å². The van der Waals surface area contributed by atoms with Crippen LogP contribution in [0.5, 0.6) is 5.75 Å². The van der Waals surface area contributed by atoms with Gasteiger partial charge in [0.25, 0.3) is 0 Å². The standard InChI is InChI=1S/C16H14N2O/c19-14-8-12-9-15(11-6-7-11)18(16(12)17-10-14)13-4-2-1-3-5-13/h1-5,8-11,19H,6-7H2. The molecule has 2 aromatic heterocycles. The van der Waals surface area contributed by atoms with Gasteiger partial charge in [-0.25, -0.2) is 4.98 Å². The Kier molecular flexibility index (Phi) is 2.15. The highest BCUT2D eigenvalue weighted by Gasteiger charge is 2.28. The summed E-state index contributed by atoms with van der Waals surface area (Å²) in [5.74, 6) is 0.858. The summed E-state index contributed by atoms with van der Waals surface area (Å²) in [7, 11) is 0. The smallest absolute Gasteiger partial charge is 0.144 e. The Balaban J connectivity index is 2.03. The van der Waals surface area contributed by atoms with E-state index in [4.69, 9.17) is 0 Å². The first-order valence-corrected chi connectivity index (χ1v) is 6.59. The molecule has 1 fully saturated rings. The Bertz CT molecular complexity index is 742. The third-order valence-electron chi connectivity index (χ3n) is 3.66. The van der Waals surface area contributed by atoms with Gasteiger partial charge in [-0.05, 0) is 43.0 Å². The van der Waals surface area contributed by atoms with Crippen molar-refractivity contribution in [1.82, 2.24) is 9.55 Å². The third kappa shape index (κ3) is 1.70. The molecule has 0 spiro atoms. The van der Waals surface area contributed by atoms with Crippen LogP contribution < -0.4 is 0 Å². The van der Waals surface area contributed by atoms with Crippen molar-refractivity contribution in [1.29, 1.82) is 0 Å². The lowest BCUT2D eigenvalue weighted by atomic mass is 10.2. The molecule has 3 heteroatoms. The largest absolute Gasteiger partial charge is 0.506 e. The molecule has 0 unspecified atom stereocenters. The molecule has 0 amide bonds. The van der Waals surface area contributed by atoms with E-state index in [1.54, 1.807) is 6.07 Å². The van der Waals surface area contributed by atoms with Crippen LogP contribution in [0.3, 0.4) is 0 Å². The van der Waals surface area contributed by atoms with E-state index < -0.39 is 0 Å². The van der Waals surface area contributed by atoms with Crippen molar-refractivity contribution in [3.63, 3.8) is 0 Å². The van der Waals surface area contributed by atoms with Gasteiger partial charge in [0.05, 0.1) is 6.20 Å². The second kappa shape index (κ2) is 3.85. The summed E-state index contributed by atoms with van der Waals surface area (Å²) in [6.07, 6.45) is 4.00. The normalized spacial score (nSPS) is 14.9. The van der Waals surface area contributed by atoms with Crippen molar-refractivity contribution in [3.05, 3.63) is 54.4 Å². The highest BCUT2D eigenvalue weighted by Crippen LogP contribution is 2.43. The van der Waals surface area contributed by atoms with Gasteiger partial charge in [-0.3, -0.25) is 4.57 Å². The number of pyridine rings is 1. The number of para-hydroxylation sites is 1. The Morgan fingerprint density at radius 1 is 1.11 bits per heavy atom. The van der Waals surface area contributed by atoms with Gasteiger partial charge in [0, 0.05) is 16.8 Å². The Morgan fingerprint density at radius 3 is 2.63 bits per heavy atom. The molecule has 19 heavy (non-hydrogen) atoms. The quantitative estimate of drug-likeness (QED) is 0.754. The molecule has 4 rings (SSSR count). The highest BCUT2D eigenvalue weighted by atomic mass is 16.3. The van der Waals surface area contributed by atoms with Gasteiger partial charge in [0.2, 0.25) is 0 Å². The summed E-state index contributed by atoms with van der Waals surface area (Å²) in [6, 6.07) is 14.2. The van der Waals surface area contributed by atoms with Crippen LogP contribution >= 0.6 is 0 Å². The minimum atomic E-state index is 0.222. The Morgan fingerprint density at radius 2 is 1.89 bits per heavy atom. The lowest BCUT2D eigenvalue weighted by Gasteiger charge is -2.09. The maximum Gasteiger partial charge on any atom is 0.144 e. The molecule has 0 atom stereocenters. The zero-order valence-electron chi connectivity index (χ0n) is 10.5. The molecule has 1 saturated carbocycles. The number of benzene rings is 1. The molecular formula is C16H14N2O. The van der Waals surface area contributed by atoms with Crippen molar-refractivity contribution in [2.45, 2.75) is 18.8 Å². The number of hydrogen-bond acceptors (Lipinski definition) is 2. The molecule has 0 aliphatic heterocycles. The molecule has 94 valence electrons. The molecule has 0 bridgehead atoms. The number of aromatic nitrogens is 2. The summed E-state index contributed by atoms with van der Waals surface area (Å²) in [4.78, 5) is 4.40. The Hall–Kier alpha value is -2.29. The van der Waals surface area contributed by atoms with Crippen LogP contribution in [0.15, 0.2) is 48.7 Å². The average Bonchev–Trinajstić information content (AvgIpc) is 3.21. The molecule has 3 aromatic rings. The maximum atomic E-state index is 9.58. The van der Waals surface area contributed by atoms with E-state index in [2.05, 4.69) is 27.8 Å². The number of nitrogens with zero attached hydrogens (tertiary/aromatic N) is 2. The monoisotopic (exact) mass is 250 g/mol. The molecule has 1 aliphatic carbocycles. The van der Waals surface area contributed by atoms with Crippen molar-refractivity contribution in [2.75, 3.05) is 0 Å². The van der Waals surface area contributed by atoms with E-state index in [0.717, 1.165) is 16.7 Å². The molecule has 1 aromatic carbocycles. The Labute approximate surface area is 111 Å². The topological polar surface area (TPSA) is 38.1 Å². The molecule has 2 heterocycles. The van der Waals surface area contributed by atoms with E-state index in [-0.39, 0.29) is 5.75 Å².